The number of aromatic nitrogens is 1. The van der Waals surface area contributed by atoms with Crippen LogP contribution < -0.4 is 5.32 Å². The monoisotopic (exact) mass is 360 g/mol. The third-order valence-corrected chi connectivity index (χ3v) is 4.88. The van der Waals surface area contributed by atoms with Crippen molar-refractivity contribution in [2.75, 3.05) is 26.0 Å². The van der Waals surface area contributed by atoms with E-state index >= 15 is 0 Å². The zero-order valence-electron chi connectivity index (χ0n) is 13.8. The van der Waals surface area contributed by atoms with E-state index in [1.165, 1.54) is 35.6 Å². The predicted molar refractivity (Wildman–Crippen MR) is 97.6 cm³/mol. The van der Waals surface area contributed by atoms with Gasteiger partial charge in [0.05, 0.1) is 21.2 Å². The van der Waals surface area contributed by atoms with Crippen molar-refractivity contribution in [3.05, 3.63) is 64.0 Å². The number of nitro benzene ring substituents is 1. The first-order valence-corrected chi connectivity index (χ1v) is 8.46. The van der Waals surface area contributed by atoms with E-state index in [0.717, 1.165) is 15.8 Å². The van der Waals surface area contributed by atoms with Crippen molar-refractivity contribution in [2.24, 2.45) is 0 Å². The average Bonchev–Trinajstić information content (AvgIpc) is 2.98. The van der Waals surface area contributed by atoms with E-state index in [-0.39, 0.29) is 17.5 Å². The molecule has 0 aliphatic carbocycles. The van der Waals surface area contributed by atoms with E-state index in [2.05, 4.69) is 10.3 Å². The van der Waals surface area contributed by atoms with Crippen LogP contribution in [-0.4, -0.2) is 35.4 Å². The lowest BCUT2D eigenvalue weighted by atomic mass is 10.1. The van der Waals surface area contributed by atoms with Gasteiger partial charge in [-0.2, -0.15) is 0 Å². The number of thiazole rings is 1. The second-order valence-electron chi connectivity index (χ2n) is 5.84. The zero-order chi connectivity index (χ0) is 18.0. The molecule has 6 nitrogen and oxygen atoms in total. The van der Waals surface area contributed by atoms with Crippen LogP contribution in [0.5, 0.6) is 0 Å². The Morgan fingerprint density at radius 1 is 1.28 bits per heavy atom. The van der Waals surface area contributed by atoms with Crippen LogP contribution in [0.2, 0.25) is 0 Å². The summed E-state index contributed by atoms with van der Waals surface area (Å²) in [5, 5.41) is 14.8. The van der Waals surface area contributed by atoms with E-state index in [1.54, 1.807) is 18.2 Å². The summed E-state index contributed by atoms with van der Waals surface area (Å²) in [7, 11) is 3.91. The highest BCUT2D eigenvalue weighted by atomic mass is 32.1. The first kappa shape index (κ1) is 17.2. The number of benzene rings is 2. The quantitative estimate of drug-likeness (QED) is 0.530. The second-order valence-corrected chi connectivity index (χ2v) is 6.87. The molecule has 8 heteroatoms. The summed E-state index contributed by atoms with van der Waals surface area (Å²) in [4.78, 5) is 16.9. The number of halogens is 1. The number of nitrogens with one attached hydrogen (secondary N) is 1. The molecule has 1 aromatic heterocycles. The lowest BCUT2D eigenvalue weighted by Crippen LogP contribution is -2.26. The van der Waals surface area contributed by atoms with Crippen LogP contribution in [0.4, 0.5) is 15.2 Å². The molecule has 3 rings (SSSR count). The van der Waals surface area contributed by atoms with Gasteiger partial charge in [0.2, 0.25) is 0 Å². The lowest BCUT2D eigenvalue weighted by Gasteiger charge is -2.25. The Balaban J connectivity index is 1.77. The molecular weight excluding hydrogens is 343 g/mol. The Morgan fingerprint density at radius 3 is 2.64 bits per heavy atom. The molecule has 1 atom stereocenters. The number of hydrogen-bond acceptors (Lipinski definition) is 6. The van der Waals surface area contributed by atoms with Crippen molar-refractivity contribution in [3.63, 3.8) is 0 Å². The summed E-state index contributed by atoms with van der Waals surface area (Å²) in [6, 6.07) is 11.1. The van der Waals surface area contributed by atoms with E-state index in [9.17, 15) is 14.5 Å². The maximum atomic E-state index is 13.1. The number of anilines is 1. The van der Waals surface area contributed by atoms with Crippen molar-refractivity contribution in [3.8, 4) is 0 Å². The molecule has 2 aromatic carbocycles. The fraction of sp³-hybridized carbons (Fsp3) is 0.235. The molecule has 0 amide bonds. The highest BCUT2D eigenvalue weighted by Crippen LogP contribution is 2.30. The van der Waals surface area contributed by atoms with Crippen molar-refractivity contribution in [1.29, 1.82) is 0 Å². The minimum absolute atomic E-state index is 0.0435. The van der Waals surface area contributed by atoms with E-state index in [1.807, 2.05) is 19.0 Å². The van der Waals surface area contributed by atoms with Crippen LogP contribution >= 0.6 is 11.3 Å². The van der Waals surface area contributed by atoms with Crippen molar-refractivity contribution < 1.29 is 9.31 Å². The fourth-order valence-electron chi connectivity index (χ4n) is 2.57. The number of nitrogens with zero attached hydrogens (tertiary/aromatic N) is 3. The second kappa shape index (κ2) is 7.12. The number of hydrogen-bond donors (Lipinski definition) is 1. The SMILES string of the molecule is CN(C)C(CNc1nc2ccc([N+](=O)[O-])cc2s1)c1ccc(F)cc1. The highest BCUT2D eigenvalue weighted by molar-refractivity contribution is 7.22. The largest absolute Gasteiger partial charge is 0.360 e. The molecule has 0 saturated heterocycles. The molecule has 0 radical (unpaired) electrons. The Kier molecular flexibility index (Phi) is 4.91. The van der Waals surface area contributed by atoms with E-state index < -0.39 is 4.92 Å². The van der Waals surface area contributed by atoms with Gasteiger partial charge in [-0.15, -0.1) is 0 Å². The van der Waals surface area contributed by atoms with Crippen LogP contribution in [-0.2, 0) is 0 Å². The third kappa shape index (κ3) is 3.92. The third-order valence-electron chi connectivity index (χ3n) is 3.91. The van der Waals surface area contributed by atoms with E-state index in [0.29, 0.717) is 11.7 Å². The topological polar surface area (TPSA) is 71.3 Å². The van der Waals surface area contributed by atoms with E-state index in [4.69, 9.17) is 0 Å². The average molecular weight is 360 g/mol. The number of likely N-dealkylation sites (N-methyl/N-ethyl adjacent to an activating group) is 1. The van der Waals surface area contributed by atoms with Crippen LogP contribution in [0.15, 0.2) is 42.5 Å². The van der Waals surface area contributed by atoms with Gasteiger partial charge in [-0.25, -0.2) is 9.37 Å². The summed E-state index contributed by atoms with van der Waals surface area (Å²) < 4.78 is 13.9. The van der Waals surface area contributed by atoms with Gasteiger partial charge < -0.3 is 10.2 Å². The molecule has 3 aromatic rings. The van der Waals surface area contributed by atoms with Crippen LogP contribution in [0.1, 0.15) is 11.6 Å². The predicted octanol–water partition coefficient (Wildman–Crippen LogP) is 4.06. The summed E-state index contributed by atoms with van der Waals surface area (Å²) in [5.74, 6) is -0.262. The molecule has 25 heavy (non-hydrogen) atoms. The molecule has 0 bridgehead atoms. The molecule has 0 spiro atoms. The Labute approximate surface area is 148 Å². The maximum absolute atomic E-state index is 13.1. The molecule has 1 unspecified atom stereocenters. The normalized spacial score (nSPS) is 12.5. The van der Waals surface area contributed by atoms with Gasteiger partial charge in [0.15, 0.2) is 5.13 Å². The first-order chi connectivity index (χ1) is 11.9. The van der Waals surface area contributed by atoms with Crippen LogP contribution in [0.25, 0.3) is 10.2 Å². The molecular formula is C17H17FN4O2S. The van der Waals surface area contributed by atoms with Gasteiger partial charge in [0.1, 0.15) is 5.82 Å². The number of nitro groups is 1. The Morgan fingerprint density at radius 2 is 2.00 bits per heavy atom. The first-order valence-electron chi connectivity index (χ1n) is 7.65. The van der Waals surface area contributed by atoms with Gasteiger partial charge in [-0.3, -0.25) is 10.1 Å². The van der Waals surface area contributed by atoms with Gasteiger partial charge >= 0.3 is 0 Å². The van der Waals surface area contributed by atoms with Crippen LogP contribution in [0, 0.1) is 15.9 Å². The van der Waals surface area contributed by atoms with Gasteiger partial charge in [-0.1, -0.05) is 23.5 Å². The lowest BCUT2D eigenvalue weighted by molar-refractivity contribution is -0.384. The van der Waals surface area contributed by atoms with Gasteiger partial charge in [0, 0.05) is 18.7 Å². The summed E-state index contributed by atoms with van der Waals surface area (Å²) in [6.07, 6.45) is 0. The standard InChI is InChI=1S/C17H17FN4O2S/c1-21(2)15(11-3-5-12(18)6-4-11)10-19-17-20-14-8-7-13(22(23)24)9-16(14)25-17/h3-9,15H,10H2,1-2H3,(H,19,20). The van der Waals surface area contributed by atoms with Gasteiger partial charge in [0.25, 0.3) is 5.69 Å². The summed E-state index contributed by atoms with van der Waals surface area (Å²) in [6.45, 7) is 0.584. The summed E-state index contributed by atoms with van der Waals surface area (Å²) in [5.41, 5.74) is 1.78. The molecule has 130 valence electrons. The number of non-ortho nitro benzene ring substituents is 1. The Hall–Kier alpha value is -2.58. The molecule has 0 fully saturated rings. The maximum Gasteiger partial charge on any atom is 0.270 e. The fourth-order valence-corrected chi connectivity index (χ4v) is 3.48. The molecule has 1 heterocycles. The van der Waals surface area contributed by atoms with Gasteiger partial charge in [-0.05, 0) is 37.9 Å². The number of fused-ring (bicyclic) bond motifs is 1. The molecule has 0 saturated carbocycles. The smallest absolute Gasteiger partial charge is 0.270 e. The van der Waals surface area contributed by atoms with Crippen LogP contribution in [0.3, 0.4) is 0 Å². The van der Waals surface area contributed by atoms with Crippen molar-refractivity contribution in [2.45, 2.75) is 6.04 Å². The molecule has 1 N–H and O–H groups in total. The van der Waals surface area contributed by atoms with Crippen molar-refractivity contribution in [1.82, 2.24) is 9.88 Å². The summed E-state index contributed by atoms with van der Waals surface area (Å²) >= 11 is 1.38. The van der Waals surface area contributed by atoms with Crippen molar-refractivity contribution >= 4 is 32.4 Å². The minimum atomic E-state index is -0.414. The molecule has 0 aliphatic rings. The molecule has 0 aliphatic heterocycles. The zero-order valence-corrected chi connectivity index (χ0v) is 14.6. The highest BCUT2D eigenvalue weighted by Gasteiger charge is 2.16. The minimum Gasteiger partial charge on any atom is -0.360 e. The number of rotatable bonds is 6. The Bertz CT molecular complexity index is 895.